The van der Waals surface area contributed by atoms with E-state index in [0.29, 0.717) is 5.75 Å². The van der Waals surface area contributed by atoms with Crippen molar-refractivity contribution in [3.05, 3.63) is 24.3 Å². The van der Waals surface area contributed by atoms with Crippen LogP contribution < -0.4 is 10.1 Å². The van der Waals surface area contributed by atoms with E-state index in [2.05, 4.69) is 5.32 Å². The number of rotatable bonds is 2. The molecule has 0 aromatic heterocycles. The number of aliphatic hydroxyl groups is 1. The number of hydrogen-bond donors (Lipinski definition) is 3. The molecule has 3 N–H and O–H groups in total. The maximum absolute atomic E-state index is 12.5. The summed E-state index contributed by atoms with van der Waals surface area (Å²) in [5.41, 5.74) is 0.804. The quantitative estimate of drug-likeness (QED) is 0.704. The number of nitrogens with zero attached hydrogens (tertiary/aromatic N) is 1. The molecule has 0 radical (unpaired) electrons. The predicted octanol–water partition coefficient (Wildman–Crippen LogP) is -0.0941. The van der Waals surface area contributed by atoms with E-state index in [1.165, 1.54) is 4.90 Å². The van der Waals surface area contributed by atoms with E-state index in [1.807, 2.05) is 12.1 Å². The molecule has 0 bridgehead atoms. The number of β-amino-alcohol motifs (C(OH)–C–C–N with tert-alkyl or cyclic N) is 1. The van der Waals surface area contributed by atoms with Gasteiger partial charge in [0.05, 0.1) is 18.3 Å². The topological polar surface area (TPSA) is 99.1 Å². The first-order valence-corrected chi connectivity index (χ1v) is 6.77. The number of fused-ring (bicyclic) bond motifs is 1. The largest absolute Gasteiger partial charge is 0.480 e. The first kappa shape index (κ1) is 13.7. The predicted molar refractivity (Wildman–Crippen MR) is 73.1 cm³/mol. The smallest absolute Gasteiger partial charge is 0.326 e. The summed E-state index contributed by atoms with van der Waals surface area (Å²) in [4.78, 5) is 24.8. The van der Waals surface area contributed by atoms with Crippen LogP contribution in [0.3, 0.4) is 0 Å². The molecular weight excluding hydrogens is 276 g/mol. The van der Waals surface area contributed by atoms with Crippen molar-refractivity contribution in [2.45, 2.75) is 24.7 Å². The Morgan fingerprint density at radius 2 is 2.10 bits per heavy atom. The highest BCUT2D eigenvalue weighted by Crippen LogP contribution is 2.29. The number of amides is 1. The first-order chi connectivity index (χ1) is 10.1. The van der Waals surface area contributed by atoms with Crippen molar-refractivity contribution in [1.82, 2.24) is 4.90 Å². The highest BCUT2D eigenvalue weighted by atomic mass is 16.5. The van der Waals surface area contributed by atoms with Crippen LogP contribution in [0.4, 0.5) is 5.69 Å². The summed E-state index contributed by atoms with van der Waals surface area (Å²) in [7, 11) is 0. The summed E-state index contributed by atoms with van der Waals surface area (Å²) in [6.07, 6.45) is -1.54. The Morgan fingerprint density at radius 3 is 2.86 bits per heavy atom. The van der Waals surface area contributed by atoms with Gasteiger partial charge in [0.15, 0.2) is 6.10 Å². The Balaban J connectivity index is 1.76. The van der Waals surface area contributed by atoms with Crippen molar-refractivity contribution in [1.29, 1.82) is 0 Å². The van der Waals surface area contributed by atoms with Crippen molar-refractivity contribution in [2.24, 2.45) is 0 Å². The van der Waals surface area contributed by atoms with Crippen molar-refractivity contribution in [3.63, 3.8) is 0 Å². The lowest BCUT2D eigenvalue weighted by molar-refractivity contribution is -0.151. The molecule has 2 aliphatic heterocycles. The van der Waals surface area contributed by atoms with Crippen LogP contribution in [0.15, 0.2) is 24.3 Å². The summed E-state index contributed by atoms with van der Waals surface area (Å²) in [5.74, 6) is -0.959. The summed E-state index contributed by atoms with van der Waals surface area (Å²) in [5, 5.41) is 21.8. The van der Waals surface area contributed by atoms with Gasteiger partial charge in [-0.25, -0.2) is 4.79 Å². The standard InChI is InChI=1S/C14H16N2O5/c17-8-5-10(14(19)20)16(7-8)13(18)12-6-15-9-3-1-2-4-11(9)21-12/h1-4,8,10,12,15,17H,5-7H2,(H,19,20)/t8-,10-,12?/m1/s1. The molecule has 1 aromatic rings. The zero-order chi connectivity index (χ0) is 15.0. The molecule has 1 unspecified atom stereocenters. The van der Waals surface area contributed by atoms with Gasteiger partial charge >= 0.3 is 5.97 Å². The third kappa shape index (κ3) is 2.52. The maximum atomic E-state index is 12.5. The van der Waals surface area contributed by atoms with E-state index >= 15 is 0 Å². The molecule has 112 valence electrons. The zero-order valence-electron chi connectivity index (χ0n) is 11.2. The SMILES string of the molecule is O=C(O)[C@H]1C[C@@H](O)CN1C(=O)C1CNc2ccccc2O1. The number of likely N-dealkylation sites (tertiary alicyclic amines) is 1. The zero-order valence-corrected chi connectivity index (χ0v) is 11.2. The van der Waals surface area contributed by atoms with Gasteiger partial charge in [-0.2, -0.15) is 0 Å². The van der Waals surface area contributed by atoms with E-state index in [4.69, 9.17) is 9.84 Å². The van der Waals surface area contributed by atoms with E-state index in [1.54, 1.807) is 12.1 Å². The second-order valence-electron chi connectivity index (χ2n) is 5.22. The molecule has 7 heteroatoms. The molecule has 2 heterocycles. The number of ether oxygens (including phenoxy) is 1. The van der Waals surface area contributed by atoms with Crippen molar-refractivity contribution < 1.29 is 24.5 Å². The average Bonchev–Trinajstić information content (AvgIpc) is 2.88. The van der Waals surface area contributed by atoms with Gasteiger partial charge in [0.25, 0.3) is 5.91 Å². The highest BCUT2D eigenvalue weighted by Gasteiger charge is 2.42. The molecule has 3 atom stereocenters. The van der Waals surface area contributed by atoms with Crippen molar-refractivity contribution in [2.75, 3.05) is 18.4 Å². The Bertz CT molecular complexity index is 576. The molecule has 0 spiro atoms. The van der Waals surface area contributed by atoms with E-state index in [-0.39, 0.29) is 19.5 Å². The molecule has 1 saturated heterocycles. The summed E-state index contributed by atoms with van der Waals surface area (Å²) >= 11 is 0. The van der Waals surface area contributed by atoms with Crippen LogP contribution in [0, 0.1) is 0 Å². The van der Waals surface area contributed by atoms with Crippen LogP contribution in [0.25, 0.3) is 0 Å². The fourth-order valence-corrected chi connectivity index (χ4v) is 2.73. The van der Waals surface area contributed by atoms with Gasteiger partial charge in [0, 0.05) is 13.0 Å². The molecule has 21 heavy (non-hydrogen) atoms. The van der Waals surface area contributed by atoms with Crippen LogP contribution >= 0.6 is 0 Å². The van der Waals surface area contributed by atoms with Gasteiger partial charge in [0.2, 0.25) is 0 Å². The lowest BCUT2D eigenvalue weighted by Crippen LogP contribution is -2.50. The highest BCUT2D eigenvalue weighted by molar-refractivity contribution is 5.88. The number of carboxylic acids is 1. The van der Waals surface area contributed by atoms with E-state index < -0.39 is 30.1 Å². The first-order valence-electron chi connectivity index (χ1n) is 6.77. The fraction of sp³-hybridized carbons (Fsp3) is 0.429. The van der Waals surface area contributed by atoms with Crippen LogP contribution in [0.5, 0.6) is 5.75 Å². The Hall–Kier alpha value is -2.28. The molecule has 2 aliphatic rings. The lowest BCUT2D eigenvalue weighted by atomic mass is 10.2. The van der Waals surface area contributed by atoms with Crippen molar-refractivity contribution >= 4 is 17.6 Å². The number of para-hydroxylation sites is 2. The summed E-state index contributed by atoms with van der Waals surface area (Å²) in [6, 6.07) is 6.25. The third-order valence-electron chi connectivity index (χ3n) is 3.76. The Labute approximate surface area is 121 Å². The van der Waals surface area contributed by atoms with Crippen molar-refractivity contribution in [3.8, 4) is 5.75 Å². The minimum atomic E-state index is -1.11. The van der Waals surface area contributed by atoms with Gasteiger partial charge < -0.3 is 25.2 Å². The second-order valence-corrected chi connectivity index (χ2v) is 5.22. The molecular formula is C14H16N2O5. The second kappa shape index (κ2) is 5.25. The average molecular weight is 292 g/mol. The maximum Gasteiger partial charge on any atom is 0.326 e. The number of carbonyl (C=O) groups is 2. The number of hydrogen-bond acceptors (Lipinski definition) is 5. The van der Waals surface area contributed by atoms with Gasteiger partial charge in [0.1, 0.15) is 11.8 Å². The Kier molecular flexibility index (Phi) is 3.42. The molecule has 1 fully saturated rings. The molecule has 3 rings (SSSR count). The molecule has 7 nitrogen and oxygen atoms in total. The number of anilines is 1. The molecule has 1 amide bonds. The van der Waals surface area contributed by atoms with E-state index in [9.17, 15) is 14.7 Å². The Morgan fingerprint density at radius 1 is 1.33 bits per heavy atom. The summed E-state index contributed by atoms with van der Waals surface area (Å²) < 4.78 is 5.64. The van der Waals surface area contributed by atoms with Gasteiger partial charge in [-0.1, -0.05) is 12.1 Å². The summed E-state index contributed by atoms with van der Waals surface area (Å²) in [6.45, 7) is 0.298. The normalized spacial score (nSPS) is 27.5. The van der Waals surface area contributed by atoms with Gasteiger partial charge in [-0.15, -0.1) is 0 Å². The monoisotopic (exact) mass is 292 g/mol. The number of carbonyl (C=O) groups excluding carboxylic acids is 1. The number of aliphatic carboxylic acids is 1. The van der Waals surface area contributed by atoms with E-state index in [0.717, 1.165) is 5.69 Å². The molecule has 0 saturated carbocycles. The van der Waals surface area contributed by atoms with Crippen LogP contribution in [-0.4, -0.2) is 58.3 Å². The van der Waals surface area contributed by atoms with Crippen LogP contribution in [-0.2, 0) is 9.59 Å². The number of nitrogens with one attached hydrogen (secondary N) is 1. The van der Waals surface area contributed by atoms with Crippen LogP contribution in [0.1, 0.15) is 6.42 Å². The van der Waals surface area contributed by atoms with Gasteiger partial charge in [-0.3, -0.25) is 4.79 Å². The molecule has 0 aliphatic carbocycles. The minimum Gasteiger partial charge on any atom is -0.480 e. The lowest BCUT2D eigenvalue weighted by Gasteiger charge is -2.31. The number of benzene rings is 1. The number of carboxylic acid groups (broad SMARTS) is 1. The third-order valence-corrected chi connectivity index (χ3v) is 3.76. The fourth-order valence-electron chi connectivity index (χ4n) is 2.73. The number of aliphatic hydroxyl groups excluding tert-OH is 1. The van der Waals surface area contributed by atoms with Crippen LogP contribution in [0.2, 0.25) is 0 Å². The molecule has 1 aromatic carbocycles. The minimum absolute atomic E-state index is 0.0251. The van der Waals surface area contributed by atoms with Gasteiger partial charge in [-0.05, 0) is 12.1 Å².